The van der Waals surface area contributed by atoms with Crippen molar-refractivity contribution in [3.63, 3.8) is 0 Å². The highest BCUT2D eigenvalue weighted by Gasteiger charge is 2.60. The van der Waals surface area contributed by atoms with Crippen molar-refractivity contribution < 1.29 is 57.3 Å². The third-order valence-corrected chi connectivity index (χ3v) is 15.5. The molecule has 360 valence electrons. The lowest BCUT2D eigenvalue weighted by Crippen LogP contribution is -2.59. The second-order valence-electron chi connectivity index (χ2n) is 20.0. The van der Waals surface area contributed by atoms with E-state index in [1.54, 1.807) is 21.3 Å². The number of cyclic esters (lactones) is 1. The third kappa shape index (κ3) is 10.6. The molecular formula is C50H78N2O12. The van der Waals surface area contributed by atoms with Gasteiger partial charge in [-0.3, -0.25) is 9.59 Å². The highest BCUT2D eigenvalue weighted by Crippen LogP contribution is 2.57. The van der Waals surface area contributed by atoms with Gasteiger partial charge in [0.1, 0.15) is 30.2 Å². The molecule has 64 heavy (non-hydrogen) atoms. The first-order chi connectivity index (χ1) is 30.6. The number of benzene rings is 1. The van der Waals surface area contributed by atoms with Gasteiger partial charge >= 0.3 is 5.97 Å². The van der Waals surface area contributed by atoms with Gasteiger partial charge in [-0.1, -0.05) is 19.9 Å². The van der Waals surface area contributed by atoms with Crippen LogP contribution in [0.3, 0.4) is 0 Å². The second-order valence-corrected chi connectivity index (χ2v) is 20.0. The summed E-state index contributed by atoms with van der Waals surface area (Å²) < 4.78 is 56.3. The molecule has 3 heterocycles. The molecule has 14 heteroatoms. The zero-order chi connectivity index (χ0) is 46.0. The van der Waals surface area contributed by atoms with Gasteiger partial charge in [0, 0.05) is 50.8 Å². The summed E-state index contributed by atoms with van der Waals surface area (Å²) in [5, 5.41) is 16.6. The molecular weight excluding hydrogens is 821 g/mol. The number of carbonyl (C=O) groups is 2. The Morgan fingerprint density at radius 1 is 0.859 bits per heavy atom. The van der Waals surface area contributed by atoms with Crippen LogP contribution in [0.1, 0.15) is 99.3 Å². The number of likely N-dealkylation sites (N-methyl/N-ethyl adjacent to an activating group) is 1. The molecule has 0 spiro atoms. The molecule has 7 rings (SSSR count). The Morgan fingerprint density at radius 3 is 2.20 bits per heavy atom. The number of Topliss-reactive ketones (excluding diaryl/α,β-unsaturated/α-hetero) is 1. The number of aliphatic hydroxyl groups is 1. The number of carbonyl (C=O) groups excluding carboxylic acids is 2. The Hall–Kier alpha value is -2.66. The molecule has 2 saturated carbocycles. The minimum absolute atomic E-state index is 0.00733. The molecule has 3 unspecified atom stereocenters. The normalized spacial score (nSPS) is 41.9. The van der Waals surface area contributed by atoms with E-state index in [-0.39, 0.29) is 72.6 Å². The number of nitrogens with one attached hydrogen (secondary N) is 1. The largest absolute Gasteiger partial charge is 0.491 e. The second kappa shape index (κ2) is 21.5. The van der Waals surface area contributed by atoms with Crippen LogP contribution in [-0.4, -0.2) is 143 Å². The van der Waals surface area contributed by atoms with E-state index < -0.39 is 60.8 Å². The van der Waals surface area contributed by atoms with Crippen LogP contribution in [0.15, 0.2) is 35.9 Å². The zero-order valence-electron chi connectivity index (χ0n) is 40.2. The average molecular weight is 899 g/mol. The Kier molecular flexibility index (Phi) is 16.6. The maximum atomic E-state index is 15.2. The van der Waals surface area contributed by atoms with E-state index in [0.717, 1.165) is 30.7 Å². The van der Waals surface area contributed by atoms with Crippen LogP contribution >= 0.6 is 0 Å². The molecule has 0 amide bonds. The van der Waals surface area contributed by atoms with Crippen LogP contribution < -0.4 is 10.1 Å². The molecule has 2 N–H and O–H groups in total. The quantitative estimate of drug-likeness (QED) is 0.206. The van der Waals surface area contributed by atoms with Crippen LogP contribution in [0.4, 0.5) is 5.69 Å². The summed E-state index contributed by atoms with van der Waals surface area (Å²) in [6.07, 6.45) is 3.30. The van der Waals surface area contributed by atoms with Gasteiger partial charge in [0.05, 0.1) is 49.1 Å². The Labute approximate surface area is 381 Å². The summed E-state index contributed by atoms with van der Waals surface area (Å²) >= 11 is 0. The third-order valence-electron chi connectivity index (χ3n) is 15.5. The van der Waals surface area contributed by atoms with Crippen molar-refractivity contribution in [2.24, 2.45) is 35.5 Å². The van der Waals surface area contributed by atoms with Crippen molar-refractivity contribution in [3.05, 3.63) is 35.9 Å². The molecule has 1 aromatic carbocycles. The summed E-state index contributed by atoms with van der Waals surface area (Å²) in [6, 6.07) is 7.70. The van der Waals surface area contributed by atoms with E-state index in [1.165, 1.54) is 0 Å². The summed E-state index contributed by atoms with van der Waals surface area (Å²) in [5.41, 5.74) is 1.44. The van der Waals surface area contributed by atoms with E-state index in [2.05, 4.69) is 37.3 Å². The molecule has 0 radical (unpaired) electrons. The number of methoxy groups -OCH3 is 3. The Balaban J connectivity index is 1.21. The standard InChI is InChI=1S/C50H78N2O12/c1-12-31-14-13-15-40(64-42-21-20-39(52(7)8)28(5)60-42)27(4)45(54)38-24-35-34-22-33(63-50-49(58-11)48(57-10)47(56-9)29(6)61-50)23-37(34)44(46(55)43(35)36(38)25-41(53)62-31)51-30-16-18-32(19-17-30)59-26(2)3/h16-19,24,26-29,31,33-37,39-40,42-44,46-51,55H,12-15,20-23,25H2,1-11H3/t27-,28?,29?,31+,33+,34+,35+,36-,37-,39+,40+,42+,43-,44+,46+,47+,48?,49+,50+/m1/s1. The van der Waals surface area contributed by atoms with Gasteiger partial charge in [-0.25, -0.2) is 0 Å². The van der Waals surface area contributed by atoms with Crippen molar-refractivity contribution in [2.45, 2.75) is 185 Å². The minimum Gasteiger partial charge on any atom is -0.491 e. The van der Waals surface area contributed by atoms with Gasteiger partial charge < -0.3 is 58.0 Å². The average Bonchev–Trinajstić information content (AvgIpc) is 3.85. The Bertz CT molecular complexity index is 1730. The highest BCUT2D eigenvalue weighted by molar-refractivity contribution is 5.99. The van der Waals surface area contributed by atoms with Crippen LogP contribution in [0.25, 0.3) is 0 Å². The fourth-order valence-corrected chi connectivity index (χ4v) is 12.3. The number of aliphatic hydroxyl groups excluding tert-OH is 1. The molecule has 3 saturated heterocycles. The van der Waals surface area contributed by atoms with E-state index in [0.29, 0.717) is 43.7 Å². The van der Waals surface area contributed by atoms with Crippen LogP contribution in [0, 0.1) is 35.5 Å². The molecule has 6 aliphatic rings. The SMILES string of the molecule is CC[C@H]1CCC[C@H](O[C@H]2CC[C@H](N(C)C)C(C)O2)[C@@H](C)C(=O)C2=C[C@H]3[C@@H]4C[C@H](O[C@@H]5OC(C)[C@H](OC)C(OC)[C@@H]5OC)C[C@H]4[C@H](Nc4ccc(OC(C)C)cc4)[C@@H](O)[C@H]3[C@@H]2CC(=O)O1. The first-order valence-corrected chi connectivity index (χ1v) is 24.2. The maximum absolute atomic E-state index is 15.2. The summed E-state index contributed by atoms with van der Waals surface area (Å²) in [4.78, 5) is 31.4. The number of rotatable bonds is 13. The number of ether oxygens (including phenoxy) is 9. The van der Waals surface area contributed by atoms with E-state index in [9.17, 15) is 9.90 Å². The lowest BCUT2D eigenvalue weighted by atomic mass is 9.62. The maximum Gasteiger partial charge on any atom is 0.306 e. The molecule has 3 aliphatic heterocycles. The van der Waals surface area contributed by atoms with Crippen LogP contribution in [0.5, 0.6) is 5.75 Å². The van der Waals surface area contributed by atoms with E-state index >= 15 is 4.79 Å². The number of nitrogens with zero attached hydrogens (tertiary/aromatic N) is 1. The number of ketones is 1. The lowest BCUT2D eigenvalue weighted by molar-refractivity contribution is -0.314. The van der Waals surface area contributed by atoms with Gasteiger partial charge in [-0.05, 0) is 141 Å². The number of allylic oxidation sites excluding steroid dienone is 2. The number of anilines is 1. The molecule has 1 aromatic rings. The van der Waals surface area contributed by atoms with E-state index in [1.807, 2.05) is 58.9 Å². The lowest BCUT2D eigenvalue weighted by Gasteiger charge is -2.47. The zero-order valence-corrected chi connectivity index (χ0v) is 40.2. The summed E-state index contributed by atoms with van der Waals surface area (Å²) in [5.74, 6) is -1.31. The molecule has 19 atom stereocenters. The predicted octanol–water partition coefficient (Wildman–Crippen LogP) is 6.56. The van der Waals surface area contributed by atoms with Crippen molar-refractivity contribution >= 4 is 17.4 Å². The van der Waals surface area contributed by atoms with Crippen molar-refractivity contribution in [1.29, 1.82) is 0 Å². The van der Waals surface area contributed by atoms with Crippen LogP contribution in [0.2, 0.25) is 0 Å². The van der Waals surface area contributed by atoms with E-state index in [4.69, 9.17) is 42.6 Å². The summed E-state index contributed by atoms with van der Waals surface area (Å²) in [6.45, 7) is 12.0. The molecule has 0 aromatic heterocycles. The fourth-order valence-electron chi connectivity index (χ4n) is 12.3. The summed E-state index contributed by atoms with van der Waals surface area (Å²) in [7, 11) is 9.07. The van der Waals surface area contributed by atoms with Crippen molar-refractivity contribution in [1.82, 2.24) is 4.90 Å². The number of hydrogen-bond acceptors (Lipinski definition) is 14. The smallest absolute Gasteiger partial charge is 0.306 e. The van der Waals surface area contributed by atoms with Gasteiger partial charge in [-0.15, -0.1) is 0 Å². The molecule has 14 nitrogen and oxygen atoms in total. The number of hydrogen-bond donors (Lipinski definition) is 2. The number of esters is 1. The van der Waals surface area contributed by atoms with Crippen molar-refractivity contribution in [2.75, 3.05) is 40.7 Å². The first kappa shape index (κ1) is 49.3. The van der Waals surface area contributed by atoms with Gasteiger partial charge in [0.2, 0.25) is 0 Å². The van der Waals surface area contributed by atoms with Gasteiger partial charge in [-0.2, -0.15) is 0 Å². The number of fused-ring (bicyclic) bond motifs is 5. The van der Waals surface area contributed by atoms with Gasteiger partial charge in [0.15, 0.2) is 18.4 Å². The molecule has 3 aliphatic carbocycles. The topological polar surface area (TPSA) is 153 Å². The first-order valence-electron chi connectivity index (χ1n) is 24.2. The van der Waals surface area contributed by atoms with Gasteiger partial charge in [0.25, 0.3) is 0 Å². The van der Waals surface area contributed by atoms with Crippen LogP contribution in [-0.2, 0) is 47.5 Å². The molecule has 5 fully saturated rings. The minimum atomic E-state index is -0.909. The highest BCUT2D eigenvalue weighted by atomic mass is 16.7. The van der Waals surface area contributed by atoms with Crippen molar-refractivity contribution in [3.8, 4) is 5.75 Å². The fraction of sp³-hybridized carbons (Fsp3) is 0.800. The Morgan fingerprint density at radius 2 is 1.56 bits per heavy atom. The monoisotopic (exact) mass is 899 g/mol. The predicted molar refractivity (Wildman–Crippen MR) is 241 cm³/mol. The molecule has 0 bridgehead atoms.